The highest BCUT2D eigenvalue weighted by Gasteiger charge is 2.13. The van der Waals surface area contributed by atoms with Crippen LogP contribution in [0.3, 0.4) is 0 Å². The van der Waals surface area contributed by atoms with Gasteiger partial charge in [-0.25, -0.2) is 0 Å². The monoisotopic (exact) mass is 372 g/mol. The first kappa shape index (κ1) is 17.0. The van der Waals surface area contributed by atoms with E-state index in [9.17, 15) is 9.59 Å². The number of rotatable bonds is 5. The third-order valence-corrected chi connectivity index (χ3v) is 3.55. The predicted octanol–water partition coefficient (Wildman–Crippen LogP) is 3.96. The van der Waals surface area contributed by atoms with Gasteiger partial charge in [0.1, 0.15) is 0 Å². The quantitative estimate of drug-likeness (QED) is 0.638. The second-order valence-electron chi connectivity index (χ2n) is 5.15. The fraction of sp³-hybridized carbons (Fsp3) is 0.111. The molecule has 0 aliphatic carbocycles. The fourth-order valence-corrected chi connectivity index (χ4v) is 2.29. The lowest BCUT2D eigenvalue weighted by Crippen LogP contribution is -2.14. The van der Waals surface area contributed by atoms with Crippen LogP contribution in [0.25, 0.3) is 0 Å². The first-order valence-corrected chi connectivity index (χ1v) is 7.81. The Morgan fingerprint density at radius 2 is 1.78 bits per heavy atom. The molecule has 1 N–H and O–H groups in total. The largest absolute Gasteiger partial charge is 0.383 e. The Morgan fingerprint density at radius 3 is 2.43 bits per heavy atom. The zero-order valence-corrected chi connectivity index (χ0v) is 14.5. The van der Waals surface area contributed by atoms with Crippen molar-refractivity contribution in [1.82, 2.24) is 4.90 Å². The summed E-state index contributed by atoms with van der Waals surface area (Å²) in [5.41, 5.74) is 1.45. The van der Waals surface area contributed by atoms with E-state index in [1.807, 2.05) is 20.2 Å². The molecule has 0 fully saturated rings. The van der Waals surface area contributed by atoms with Crippen molar-refractivity contribution >= 4 is 33.3 Å². The summed E-state index contributed by atoms with van der Waals surface area (Å²) in [6.07, 6.45) is 3.15. The van der Waals surface area contributed by atoms with Crippen LogP contribution >= 0.6 is 15.9 Å². The molecule has 0 heterocycles. The van der Waals surface area contributed by atoms with E-state index in [2.05, 4.69) is 21.2 Å². The Labute approximate surface area is 143 Å². The molecule has 0 bridgehead atoms. The predicted molar refractivity (Wildman–Crippen MR) is 95.7 cm³/mol. The van der Waals surface area contributed by atoms with E-state index >= 15 is 0 Å². The number of halogens is 1. The summed E-state index contributed by atoms with van der Waals surface area (Å²) in [4.78, 5) is 26.4. The van der Waals surface area contributed by atoms with Gasteiger partial charge in [-0.1, -0.05) is 34.1 Å². The van der Waals surface area contributed by atoms with E-state index in [-0.39, 0.29) is 11.7 Å². The normalized spacial score (nSPS) is 10.6. The lowest BCUT2D eigenvalue weighted by molar-refractivity contribution is 0.102. The van der Waals surface area contributed by atoms with Gasteiger partial charge in [0.25, 0.3) is 5.91 Å². The Morgan fingerprint density at radius 1 is 1.09 bits per heavy atom. The molecule has 0 saturated carbocycles. The summed E-state index contributed by atoms with van der Waals surface area (Å²) in [6, 6.07) is 14.1. The van der Waals surface area contributed by atoms with E-state index in [0.29, 0.717) is 16.8 Å². The number of ketones is 1. The lowest BCUT2D eigenvalue weighted by Gasteiger charge is -2.10. The van der Waals surface area contributed by atoms with Gasteiger partial charge in [-0.3, -0.25) is 9.59 Å². The first-order chi connectivity index (χ1) is 11.0. The van der Waals surface area contributed by atoms with Gasteiger partial charge < -0.3 is 10.2 Å². The molecule has 2 aromatic carbocycles. The molecular formula is C18H17BrN2O2. The molecule has 2 aromatic rings. The number of hydrogen-bond donors (Lipinski definition) is 1. The number of carbonyl (C=O) groups excluding carboxylic acids is 2. The first-order valence-electron chi connectivity index (χ1n) is 7.02. The summed E-state index contributed by atoms with van der Waals surface area (Å²) in [7, 11) is 3.67. The van der Waals surface area contributed by atoms with Crippen molar-refractivity contribution in [1.29, 1.82) is 0 Å². The summed E-state index contributed by atoms with van der Waals surface area (Å²) in [5, 5.41) is 2.80. The molecule has 0 saturated heterocycles. The van der Waals surface area contributed by atoms with Crippen LogP contribution in [0.4, 0.5) is 5.69 Å². The smallest absolute Gasteiger partial charge is 0.255 e. The molecule has 4 nitrogen and oxygen atoms in total. The van der Waals surface area contributed by atoms with Crippen LogP contribution in [-0.4, -0.2) is 30.7 Å². The van der Waals surface area contributed by atoms with Crippen molar-refractivity contribution in [2.75, 3.05) is 19.4 Å². The minimum Gasteiger partial charge on any atom is -0.383 e. The van der Waals surface area contributed by atoms with E-state index in [1.54, 1.807) is 53.6 Å². The van der Waals surface area contributed by atoms with Gasteiger partial charge in [-0.2, -0.15) is 0 Å². The van der Waals surface area contributed by atoms with E-state index in [1.165, 1.54) is 6.08 Å². The van der Waals surface area contributed by atoms with Gasteiger partial charge in [0.15, 0.2) is 5.78 Å². The minimum atomic E-state index is -0.255. The third-order valence-electron chi connectivity index (χ3n) is 3.06. The summed E-state index contributed by atoms with van der Waals surface area (Å²) >= 11 is 3.36. The number of anilines is 1. The second kappa shape index (κ2) is 7.74. The third kappa shape index (κ3) is 4.79. The number of amides is 1. The van der Waals surface area contributed by atoms with Crippen LogP contribution < -0.4 is 5.32 Å². The number of nitrogens with one attached hydrogen (secondary N) is 1. The van der Waals surface area contributed by atoms with Crippen molar-refractivity contribution in [2.24, 2.45) is 0 Å². The van der Waals surface area contributed by atoms with Crippen LogP contribution in [-0.2, 0) is 0 Å². The molecule has 1 amide bonds. The maximum Gasteiger partial charge on any atom is 0.255 e. The van der Waals surface area contributed by atoms with Crippen LogP contribution in [0.2, 0.25) is 0 Å². The van der Waals surface area contributed by atoms with Crippen molar-refractivity contribution < 1.29 is 9.59 Å². The van der Waals surface area contributed by atoms with E-state index in [0.717, 1.165) is 4.47 Å². The van der Waals surface area contributed by atoms with Gasteiger partial charge in [0, 0.05) is 42.0 Å². The van der Waals surface area contributed by atoms with Gasteiger partial charge in [0.05, 0.1) is 5.69 Å². The fourth-order valence-electron chi connectivity index (χ4n) is 1.93. The molecule has 118 valence electrons. The zero-order chi connectivity index (χ0) is 16.8. The molecule has 5 heteroatoms. The molecule has 0 aliphatic rings. The van der Waals surface area contributed by atoms with Gasteiger partial charge in [-0.15, -0.1) is 0 Å². The van der Waals surface area contributed by atoms with Crippen molar-refractivity contribution in [3.63, 3.8) is 0 Å². The zero-order valence-electron chi connectivity index (χ0n) is 12.9. The highest BCUT2D eigenvalue weighted by molar-refractivity contribution is 9.10. The standard InChI is InChI=1S/C18H17BrN2O2/c1-21(2)11-10-17(22)15-9-8-14(19)12-16(15)20-18(23)13-6-4-3-5-7-13/h3-12H,1-2H3,(H,20,23)/b11-10+. The summed E-state index contributed by atoms with van der Waals surface area (Å²) < 4.78 is 0.786. The SMILES string of the molecule is CN(C)/C=C/C(=O)c1ccc(Br)cc1NC(=O)c1ccccc1. The van der Waals surface area contributed by atoms with Crippen LogP contribution in [0.15, 0.2) is 65.3 Å². The lowest BCUT2D eigenvalue weighted by atomic mass is 10.1. The molecular weight excluding hydrogens is 356 g/mol. The Bertz CT molecular complexity index is 740. The van der Waals surface area contributed by atoms with E-state index < -0.39 is 0 Å². The summed E-state index contributed by atoms with van der Waals surface area (Å²) in [5.74, 6) is -0.427. The number of nitrogens with zero attached hydrogens (tertiary/aromatic N) is 1. The molecule has 2 rings (SSSR count). The summed E-state index contributed by atoms with van der Waals surface area (Å²) in [6.45, 7) is 0. The number of benzene rings is 2. The van der Waals surface area contributed by atoms with Crippen LogP contribution in [0.1, 0.15) is 20.7 Å². The molecule has 0 radical (unpaired) electrons. The molecule has 0 aliphatic heterocycles. The average molecular weight is 373 g/mol. The number of allylic oxidation sites excluding steroid dienone is 1. The molecule has 0 atom stereocenters. The molecule has 0 aromatic heterocycles. The van der Waals surface area contributed by atoms with Crippen LogP contribution in [0, 0.1) is 0 Å². The maximum atomic E-state index is 12.3. The Kier molecular flexibility index (Phi) is 5.71. The van der Waals surface area contributed by atoms with E-state index in [4.69, 9.17) is 0 Å². The highest BCUT2D eigenvalue weighted by Crippen LogP contribution is 2.23. The topological polar surface area (TPSA) is 49.4 Å². The van der Waals surface area contributed by atoms with Crippen molar-refractivity contribution in [3.8, 4) is 0 Å². The van der Waals surface area contributed by atoms with Gasteiger partial charge >= 0.3 is 0 Å². The van der Waals surface area contributed by atoms with Crippen molar-refractivity contribution in [3.05, 3.63) is 76.4 Å². The second-order valence-corrected chi connectivity index (χ2v) is 6.07. The highest BCUT2D eigenvalue weighted by atomic mass is 79.9. The van der Waals surface area contributed by atoms with Crippen LogP contribution in [0.5, 0.6) is 0 Å². The Hall–Kier alpha value is -2.40. The van der Waals surface area contributed by atoms with Gasteiger partial charge in [0.2, 0.25) is 0 Å². The van der Waals surface area contributed by atoms with Crippen molar-refractivity contribution in [2.45, 2.75) is 0 Å². The number of hydrogen-bond acceptors (Lipinski definition) is 3. The maximum absolute atomic E-state index is 12.3. The molecule has 0 unspecified atom stereocenters. The number of carbonyl (C=O) groups is 2. The molecule has 23 heavy (non-hydrogen) atoms. The minimum absolute atomic E-state index is 0.172. The van der Waals surface area contributed by atoms with Gasteiger partial charge in [-0.05, 0) is 30.3 Å². The molecule has 0 spiro atoms. The average Bonchev–Trinajstić information content (AvgIpc) is 2.53. The Balaban J connectivity index is 2.29.